The molecule has 3 amide bonds. The number of anilines is 2. The van der Waals surface area contributed by atoms with Gasteiger partial charge >= 0.3 is 0 Å². The number of hydrogen-bond donors (Lipinski definition) is 3. The average molecular weight is 337 g/mol. The Labute approximate surface area is 145 Å². The number of hydrogen-bond acceptors (Lipinski definition) is 3. The molecule has 0 saturated heterocycles. The molecule has 2 aromatic carbocycles. The minimum Gasteiger partial charge on any atom is -0.340 e. The quantitative estimate of drug-likeness (QED) is 0.803. The molecule has 25 heavy (non-hydrogen) atoms. The third kappa shape index (κ3) is 3.68. The van der Waals surface area contributed by atoms with Crippen molar-refractivity contribution in [3.63, 3.8) is 0 Å². The lowest BCUT2D eigenvalue weighted by atomic mass is 10.1. The number of rotatable bonds is 3. The summed E-state index contributed by atoms with van der Waals surface area (Å²) in [5.41, 5.74) is 3.56. The number of carbonyl (C=O) groups excluding carboxylic acids is 3. The van der Waals surface area contributed by atoms with E-state index in [9.17, 15) is 14.4 Å². The molecule has 1 heterocycles. The molecule has 0 bridgehead atoms. The van der Waals surface area contributed by atoms with Gasteiger partial charge in [0, 0.05) is 5.69 Å². The van der Waals surface area contributed by atoms with E-state index in [1.165, 1.54) is 0 Å². The summed E-state index contributed by atoms with van der Waals surface area (Å²) in [6.07, 6.45) is -0.140. The zero-order chi connectivity index (χ0) is 18.0. The van der Waals surface area contributed by atoms with Crippen molar-refractivity contribution in [1.82, 2.24) is 5.32 Å². The smallest absolute Gasteiger partial charge is 0.254 e. The lowest BCUT2D eigenvalue weighted by molar-refractivity contribution is -0.122. The molecule has 0 fully saturated rings. The maximum Gasteiger partial charge on any atom is 0.254 e. The molecule has 1 atom stereocenters. The molecule has 6 nitrogen and oxygen atoms in total. The van der Waals surface area contributed by atoms with Crippen LogP contribution >= 0.6 is 0 Å². The van der Waals surface area contributed by atoms with Gasteiger partial charge in [-0.25, -0.2) is 0 Å². The van der Waals surface area contributed by atoms with Crippen molar-refractivity contribution < 1.29 is 14.4 Å². The summed E-state index contributed by atoms with van der Waals surface area (Å²) in [4.78, 5) is 36.9. The van der Waals surface area contributed by atoms with Gasteiger partial charge in [-0.2, -0.15) is 0 Å². The molecule has 0 unspecified atom stereocenters. The van der Waals surface area contributed by atoms with E-state index in [1.54, 1.807) is 24.3 Å². The summed E-state index contributed by atoms with van der Waals surface area (Å²) in [5.74, 6) is -1.12. The first-order valence-electron chi connectivity index (χ1n) is 8.02. The van der Waals surface area contributed by atoms with Crippen LogP contribution in [-0.4, -0.2) is 23.8 Å². The summed E-state index contributed by atoms with van der Waals surface area (Å²) < 4.78 is 0. The first-order valence-corrected chi connectivity index (χ1v) is 8.02. The lowest BCUT2D eigenvalue weighted by Crippen LogP contribution is -2.43. The second-order valence-electron chi connectivity index (χ2n) is 6.13. The van der Waals surface area contributed by atoms with Crippen LogP contribution in [0.2, 0.25) is 0 Å². The van der Waals surface area contributed by atoms with Gasteiger partial charge in [0.15, 0.2) is 0 Å². The van der Waals surface area contributed by atoms with E-state index in [4.69, 9.17) is 0 Å². The van der Waals surface area contributed by atoms with Gasteiger partial charge in [0.1, 0.15) is 6.04 Å². The second kappa shape index (κ2) is 6.76. The number of para-hydroxylation sites is 1. The predicted octanol–water partition coefficient (Wildman–Crippen LogP) is 2.38. The number of nitrogens with one attached hydrogen (secondary N) is 3. The Bertz CT molecular complexity index is 861. The number of aryl methyl sites for hydroxylation is 2. The molecule has 128 valence electrons. The number of benzene rings is 2. The molecule has 0 aliphatic carbocycles. The van der Waals surface area contributed by atoms with Gasteiger partial charge in [-0.3, -0.25) is 14.4 Å². The van der Waals surface area contributed by atoms with Crippen molar-refractivity contribution in [2.24, 2.45) is 0 Å². The van der Waals surface area contributed by atoms with Gasteiger partial charge in [0.05, 0.1) is 17.7 Å². The third-order valence-corrected chi connectivity index (χ3v) is 4.10. The lowest BCUT2D eigenvalue weighted by Gasteiger charge is -2.15. The predicted molar refractivity (Wildman–Crippen MR) is 95.5 cm³/mol. The van der Waals surface area contributed by atoms with Crippen LogP contribution in [0.1, 0.15) is 27.9 Å². The highest BCUT2D eigenvalue weighted by molar-refractivity contribution is 6.11. The zero-order valence-corrected chi connectivity index (χ0v) is 14.1. The SMILES string of the molecule is Cc1ccc(NC(=O)C[C@@H]2NC(=O)c3ccccc3NC2=O)c(C)c1. The van der Waals surface area contributed by atoms with Crippen molar-refractivity contribution in [1.29, 1.82) is 0 Å². The number of carbonyl (C=O) groups is 3. The summed E-state index contributed by atoms with van der Waals surface area (Å²) in [6.45, 7) is 3.88. The number of fused-ring (bicyclic) bond motifs is 1. The molecule has 0 spiro atoms. The maximum atomic E-state index is 12.3. The normalized spacial score (nSPS) is 16.3. The molecule has 3 N–H and O–H groups in total. The van der Waals surface area contributed by atoms with Crippen LogP contribution in [0.3, 0.4) is 0 Å². The molecular formula is C19H19N3O3. The van der Waals surface area contributed by atoms with E-state index in [2.05, 4.69) is 16.0 Å². The fourth-order valence-electron chi connectivity index (χ4n) is 2.80. The molecule has 1 aliphatic rings. The van der Waals surface area contributed by atoms with Gasteiger partial charge in [-0.15, -0.1) is 0 Å². The monoisotopic (exact) mass is 337 g/mol. The average Bonchev–Trinajstić information content (AvgIpc) is 2.68. The maximum absolute atomic E-state index is 12.3. The highest BCUT2D eigenvalue weighted by atomic mass is 16.2. The van der Waals surface area contributed by atoms with Crippen LogP contribution in [0.5, 0.6) is 0 Å². The first-order chi connectivity index (χ1) is 11.9. The summed E-state index contributed by atoms with van der Waals surface area (Å²) in [6, 6.07) is 11.5. The Kier molecular flexibility index (Phi) is 4.52. The van der Waals surface area contributed by atoms with Crippen molar-refractivity contribution >= 4 is 29.1 Å². The Morgan fingerprint density at radius 2 is 1.88 bits per heavy atom. The molecule has 0 saturated carbocycles. The van der Waals surface area contributed by atoms with Crippen molar-refractivity contribution in [2.75, 3.05) is 10.6 Å². The van der Waals surface area contributed by atoms with Gasteiger partial charge < -0.3 is 16.0 Å². The third-order valence-electron chi connectivity index (χ3n) is 4.10. The molecule has 2 aromatic rings. The van der Waals surface area contributed by atoms with Crippen molar-refractivity contribution in [3.05, 3.63) is 59.2 Å². The van der Waals surface area contributed by atoms with Gasteiger partial charge in [0.2, 0.25) is 11.8 Å². The van der Waals surface area contributed by atoms with Crippen molar-refractivity contribution in [2.45, 2.75) is 26.3 Å². The van der Waals surface area contributed by atoms with Crippen LogP contribution in [-0.2, 0) is 9.59 Å². The van der Waals surface area contributed by atoms with Gasteiger partial charge in [0.25, 0.3) is 5.91 Å². The van der Waals surface area contributed by atoms with Gasteiger partial charge in [-0.05, 0) is 37.6 Å². The highest BCUT2D eigenvalue weighted by Crippen LogP contribution is 2.20. The molecule has 6 heteroatoms. The zero-order valence-electron chi connectivity index (χ0n) is 14.1. The Hall–Kier alpha value is -3.15. The van der Waals surface area contributed by atoms with E-state index >= 15 is 0 Å². The Balaban J connectivity index is 1.71. The molecule has 0 radical (unpaired) electrons. The van der Waals surface area contributed by atoms with Crippen LogP contribution in [0.15, 0.2) is 42.5 Å². The van der Waals surface area contributed by atoms with E-state index in [0.717, 1.165) is 11.1 Å². The standard InChI is InChI=1S/C19H19N3O3/c1-11-7-8-14(12(2)9-11)20-17(23)10-16-19(25)21-15-6-4-3-5-13(15)18(24)22-16/h3-9,16H,10H2,1-2H3,(H,20,23)(H,21,25)(H,22,24)/t16-/m0/s1. The Morgan fingerprint density at radius 3 is 2.64 bits per heavy atom. The summed E-state index contributed by atoms with van der Waals surface area (Å²) in [5, 5.41) is 8.09. The fraction of sp³-hybridized carbons (Fsp3) is 0.211. The van der Waals surface area contributed by atoms with Crippen molar-refractivity contribution in [3.8, 4) is 0 Å². The molecule has 0 aromatic heterocycles. The summed E-state index contributed by atoms with van der Waals surface area (Å²) in [7, 11) is 0. The largest absolute Gasteiger partial charge is 0.340 e. The molecule has 1 aliphatic heterocycles. The molecular weight excluding hydrogens is 318 g/mol. The van der Waals surface area contributed by atoms with Crippen LogP contribution in [0.4, 0.5) is 11.4 Å². The van der Waals surface area contributed by atoms with E-state index < -0.39 is 11.9 Å². The van der Waals surface area contributed by atoms with Crippen LogP contribution in [0, 0.1) is 13.8 Å². The fourth-order valence-corrected chi connectivity index (χ4v) is 2.80. The Morgan fingerprint density at radius 1 is 1.12 bits per heavy atom. The van der Waals surface area contributed by atoms with E-state index in [1.807, 2.05) is 32.0 Å². The second-order valence-corrected chi connectivity index (χ2v) is 6.13. The topological polar surface area (TPSA) is 87.3 Å². The van der Waals surface area contributed by atoms with E-state index in [-0.39, 0.29) is 18.2 Å². The molecule has 3 rings (SSSR count). The minimum absolute atomic E-state index is 0.140. The van der Waals surface area contributed by atoms with Crippen LogP contribution < -0.4 is 16.0 Å². The van der Waals surface area contributed by atoms with E-state index in [0.29, 0.717) is 16.9 Å². The summed E-state index contributed by atoms with van der Waals surface area (Å²) >= 11 is 0. The highest BCUT2D eigenvalue weighted by Gasteiger charge is 2.29. The first kappa shape index (κ1) is 16.7. The van der Waals surface area contributed by atoms with Gasteiger partial charge in [-0.1, -0.05) is 29.8 Å². The number of amides is 3. The minimum atomic E-state index is -0.925. The van der Waals surface area contributed by atoms with Crippen LogP contribution in [0.25, 0.3) is 0 Å².